The molecule has 0 spiro atoms. The molecule has 1 aromatic carbocycles. The van der Waals surface area contributed by atoms with Crippen LogP contribution in [-0.2, 0) is 10.2 Å². The van der Waals surface area contributed by atoms with E-state index >= 15 is 0 Å². The first-order valence-electron chi connectivity index (χ1n) is 7.11. The summed E-state index contributed by atoms with van der Waals surface area (Å²) in [5.74, 6) is 0.550. The zero-order valence-corrected chi connectivity index (χ0v) is 14.0. The molecule has 0 aromatic heterocycles. The molecular formula is C14H22ClN3O2S. The van der Waals surface area contributed by atoms with Crippen molar-refractivity contribution in [1.82, 2.24) is 9.62 Å². The first kappa shape index (κ1) is 16.5. The molecule has 1 saturated heterocycles. The Morgan fingerprint density at radius 3 is 2.62 bits per heavy atom. The molecule has 1 aliphatic heterocycles. The van der Waals surface area contributed by atoms with E-state index in [9.17, 15) is 8.42 Å². The van der Waals surface area contributed by atoms with Crippen LogP contribution in [0.5, 0.6) is 0 Å². The summed E-state index contributed by atoms with van der Waals surface area (Å²) in [6.07, 6.45) is 1.77. The molecular weight excluding hydrogens is 310 g/mol. The van der Waals surface area contributed by atoms with Crippen LogP contribution in [0.3, 0.4) is 0 Å². The summed E-state index contributed by atoms with van der Waals surface area (Å²) < 4.78 is 29.0. The smallest absolute Gasteiger partial charge is 0.301 e. The van der Waals surface area contributed by atoms with E-state index in [1.807, 2.05) is 7.05 Å². The Kier molecular flexibility index (Phi) is 5.48. The number of benzene rings is 1. The second kappa shape index (κ2) is 6.96. The first-order valence-corrected chi connectivity index (χ1v) is 8.93. The topological polar surface area (TPSA) is 61.4 Å². The molecule has 1 aliphatic rings. The van der Waals surface area contributed by atoms with Crippen LogP contribution in [0.15, 0.2) is 18.2 Å². The van der Waals surface area contributed by atoms with Gasteiger partial charge >= 0.3 is 10.2 Å². The molecule has 0 radical (unpaired) electrons. The lowest BCUT2D eigenvalue weighted by molar-refractivity contribution is 0.272. The van der Waals surface area contributed by atoms with Crippen LogP contribution in [0, 0.1) is 12.8 Å². The lowest BCUT2D eigenvalue weighted by Gasteiger charge is -2.31. The molecule has 0 unspecified atom stereocenters. The Bertz CT molecular complexity index is 584. The summed E-state index contributed by atoms with van der Waals surface area (Å²) in [6, 6.07) is 5.22. The standard InChI is InChI=1S/C14H22ClN3O2S/c1-11-13(15)4-3-5-14(11)17-21(19,20)18-8-6-12(7-9-18)10-16-2/h3-5,12,16-17H,6-10H2,1-2H3. The van der Waals surface area contributed by atoms with Crippen molar-refractivity contribution in [3.63, 3.8) is 0 Å². The maximum Gasteiger partial charge on any atom is 0.301 e. The van der Waals surface area contributed by atoms with Gasteiger partial charge in [0.05, 0.1) is 5.69 Å². The monoisotopic (exact) mass is 331 g/mol. The van der Waals surface area contributed by atoms with E-state index < -0.39 is 10.2 Å². The minimum atomic E-state index is -3.51. The molecule has 0 atom stereocenters. The van der Waals surface area contributed by atoms with Gasteiger partial charge in [-0.3, -0.25) is 4.72 Å². The van der Waals surface area contributed by atoms with Crippen molar-refractivity contribution >= 4 is 27.5 Å². The van der Waals surface area contributed by atoms with E-state index in [0.29, 0.717) is 29.7 Å². The lowest BCUT2D eigenvalue weighted by atomic mass is 9.98. The van der Waals surface area contributed by atoms with Gasteiger partial charge in [0.1, 0.15) is 0 Å². The van der Waals surface area contributed by atoms with E-state index in [1.165, 1.54) is 4.31 Å². The predicted octanol–water partition coefficient (Wildman–Crippen LogP) is 2.24. The van der Waals surface area contributed by atoms with Gasteiger partial charge in [0, 0.05) is 18.1 Å². The van der Waals surface area contributed by atoms with Gasteiger partial charge in [-0.15, -0.1) is 0 Å². The fourth-order valence-corrected chi connectivity index (χ4v) is 4.06. The van der Waals surface area contributed by atoms with Crippen LogP contribution in [0.1, 0.15) is 18.4 Å². The minimum Gasteiger partial charge on any atom is -0.319 e. The van der Waals surface area contributed by atoms with Crippen molar-refractivity contribution in [2.75, 3.05) is 31.4 Å². The van der Waals surface area contributed by atoms with E-state index in [0.717, 1.165) is 24.9 Å². The Morgan fingerprint density at radius 1 is 1.33 bits per heavy atom. The Hall–Kier alpha value is -0.820. The molecule has 5 nitrogen and oxygen atoms in total. The largest absolute Gasteiger partial charge is 0.319 e. The molecule has 1 heterocycles. The first-order chi connectivity index (χ1) is 9.94. The third-order valence-corrected chi connectivity index (χ3v) is 5.85. The van der Waals surface area contributed by atoms with Crippen molar-refractivity contribution in [3.05, 3.63) is 28.8 Å². The van der Waals surface area contributed by atoms with E-state index in [-0.39, 0.29) is 0 Å². The van der Waals surface area contributed by atoms with Crippen molar-refractivity contribution in [1.29, 1.82) is 0 Å². The third-order valence-electron chi connectivity index (χ3n) is 3.91. The molecule has 0 aliphatic carbocycles. The fourth-order valence-electron chi connectivity index (χ4n) is 2.56. The summed E-state index contributed by atoms with van der Waals surface area (Å²) in [4.78, 5) is 0. The molecule has 21 heavy (non-hydrogen) atoms. The highest BCUT2D eigenvalue weighted by Crippen LogP contribution is 2.26. The van der Waals surface area contributed by atoms with Crippen LogP contribution >= 0.6 is 11.6 Å². The fraction of sp³-hybridized carbons (Fsp3) is 0.571. The van der Waals surface area contributed by atoms with Gasteiger partial charge in [-0.25, -0.2) is 0 Å². The van der Waals surface area contributed by atoms with Gasteiger partial charge in [0.25, 0.3) is 0 Å². The highest BCUT2D eigenvalue weighted by Gasteiger charge is 2.28. The average molecular weight is 332 g/mol. The second-order valence-corrected chi connectivity index (χ2v) is 7.50. The lowest BCUT2D eigenvalue weighted by Crippen LogP contribution is -2.43. The highest BCUT2D eigenvalue weighted by atomic mass is 35.5. The normalized spacial score (nSPS) is 17.9. The van der Waals surface area contributed by atoms with Crippen molar-refractivity contribution in [2.45, 2.75) is 19.8 Å². The van der Waals surface area contributed by atoms with Gasteiger partial charge in [-0.05, 0) is 57.0 Å². The molecule has 118 valence electrons. The summed E-state index contributed by atoms with van der Waals surface area (Å²) in [5.41, 5.74) is 1.28. The van der Waals surface area contributed by atoms with Gasteiger partial charge < -0.3 is 5.32 Å². The number of rotatable bonds is 5. The number of hydrogen-bond donors (Lipinski definition) is 2. The average Bonchev–Trinajstić information content (AvgIpc) is 2.45. The van der Waals surface area contributed by atoms with Gasteiger partial charge in [0.2, 0.25) is 0 Å². The molecule has 0 bridgehead atoms. The molecule has 7 heteroatoms. The second-order valence-electron chi connectivity index (χ2n) is 5.42. The zero-order chi connectivity index (χ0) is 15.5. The quantitative estimate of drug-likeness (QED) is 0.869. The Balaban J connectivity index is 2.04. The van der Waals surface area contributed by atoms with Crippen molar-refractivity contribution in [3.8, 4) is 0 Å². The SMILES string of the molecule is CNCC1CCN(S(=O)(=O)Nc2cccc(Cl)c2C)CC1. The highest BCUT2D eigenvalue weighted by molar-refractivity contribution is 7.90. The number of anilines is 1. The molecule has 0 saturated carbocycles. The van der Waals surface area contributed by atoms with Crippen molar-refractivity contribution in [2.24, 2.45) is 5.92 Å². The van der Waals surface area contributed by atoms with Gasteiger partial charge in [-0.1, -0.05) is 17.7 Å². The predicted molar refractivity (Wildman–Crippen MR) is 87.0 cm³/mol. The minimum absolute atomic E-state index is 0.542. The maximum absolute atomic E-state index is 12.4. The Morgan fingerprint density at radius 2 is 2.00 bits per heavy atom. The molecule has 1 fully saturated rings. The van der Waals surface area contributed by atoms with E-state index in [4.69, 9.17) is 11.6 Å². The zero-order valence-electron chi connectivity index (χ0n) is 12.4. The molecule has 0 amide bonds. The summed E-state index contributed by atoms with van der Waals surface area (Å²) in [6.45, 7) is 3.86. The molecule has 2 N–H and O–H groups in total. The number of halogens is 1. The maximum atomic E-state index is 12.4. The van der Waals surface area contributed by atoms with Crippen LogP contribution in [0.25, 0.3) is 0 Å². The van der Waals surface area contributed by atoms with Crippen LogP contribution in [0.2, 0.25) is 5.02 Å². The molecule has 2 rings (SSSR count). The van der Waals surface area contributed by atoms with Crippen molar-refractivity contribution < 1.29 is 8.42 Å². The summed E-state index contributed by atoms with van der Waals surface area (Å²) in [7, 11) is -1.59. The number of nitrogens with zero attached hydrogens (tertiary/aromatic N) is 1. The summed E-state index contributed by atoms with van der Waals surface area (Å²) >= 11 is 6.03. The third kappa shape index (κ3) is 4.10. The number of nitrogens with one attached hydrogen (secondary N) is 2. The van der Waals surface area contributed by atoms with Crippen LogP contribution in [0.4, 0.5) is 5.69 Å². The van der Waals surface area contributed by atoms with E-state index in [2.05, 4.69) is 10.0 Å². The van der Waals surface area contributed by atoms with Gasteiger partial charge in [-0.2, -0.15) is 12.7 Å². The van der Waals surface area contributed by atoms with E-state index in [1.54, 1.807) is 25.1 Å². The Labute approximate surface area is 131 Å². The van der Waals surface area contributed by atoms with Crippen LogP contribution in [-0.4, -0.2) is 39.4 Å². The summed E-state index contributed by atoms with van der Waals surface area (Å²) in [5, 5.41) is 3.70. The van der Waals surface area contributed by atoms with Crippen LogP contribution < -0.4 is 10.0 Å². The number of hydrogen-bond acceptors (Lipinski definition) is 3. The molecule has 1 aromatic rings. The van der Waals surface area contributed by atoms with Gasteiger partial charge in [0.15, 0.2) is 0 Å². The number of piperidine rings is 1.